The van der Waals surface area contributed by atoms with Gasteiger partial charge in [0, 0.05) is 23.6 Å². The standard InChI is InChI=1S/C13H16FN/c1-3-10(2)9-15-7-6-11-8-12(14)4-5-13(11)15/h4-8,10H,3,9H2,1-2H3/t10-/m0/s1. The average molecular weight is 205 g/mol. The van der Waals surface area contributed by atoms with Gasteiger partial charge in [0.2, 0.25) is 0 Å². The fourth-order valence-electron chi connectivity index (χ4n) is 1.80. The van der Waals surface area contributed by atoms with Crippen LogP contribution < -0.4 is 0 Å². The number of hydrogen-bond donors (Lipinski definition) is 0. The molecule has 0 radical (unpaired) electrons. The number of rotatable bonds is 3. The Morgan fingerprint density at radius 3 is 2.87 bits per heavy atom. The Kier molecular flexibility index (Phi) is 2.76. The molecule has 1 heterocycles. The first-order valence-electron chi connectivity index (χ1n) is 5.45. The number of halogens is 1. The number of aromatic nitrogens is 1. The fraction of sp³-hybridized carbons (Fsp3) is 0.385. The van der Waals surface area contributed by atoms with E-state index in [0.29, 0.717) is 5.92 Å². The van der Waals surface area contributed by atoms with Crippen LogP contribution >= 0.6 is 0 Å². The van der Waals surface area contributed by atoms with Gasteiger partial charge in [-0.3, -0.25) is 0 Å². The molecule has 15 heavy (non-hydrogen) atoms. The van der Waals surface area contributed by atoms with E-state index in [2.05, 4.69) is 18.4 Å². The minimum Gasteiger partial charge on any atom is -0.347 e. The molecular formula is C13H16FN. The molecule has 0 aliphatic carbocycles. The van der Waals surface area contributed by atoms with Crippen LogP contribution in [0.2, 0.25) is 0 Å². The largest absolute Gasteiger partial charge is 0.347 e. The van der Waals surface area contributed by atoms with Crippen molar-refractivity contribution < 1.29 is 4.39 Å². The lowest BCUT2D eigenvalue weighted by Crippen LogP contribution is -2.05. The maximum atomic E-state index is 13.0. The number of benzene rings is 1. The first-order valence-corrected chi connectivity index (χ1v) is 5.45. The molecule has 0 saturated carbocycles. The highest BCUT2D eigenvalue weighted by atomic mass is 19.1. The molecule has 0 fully saturated rings. The molecule has 2 heteroatoms. The van der Waals surface area contributed by atoms with E-state index in [1.165, 1.54) is 12.5 Å². The van der Waals surface area contributed by atoms with Crippen molar-refractivity contribution in [1.29, 1.82) is 0 Å². The first-order chi connectivity index (χ1) is 7.20. The van der Waals surface area contributed by atoms with Crippen molar-refractivity contribution >= 4 is 10.9 Å². The van der Waals surface area contributed by atoms with Crippen LogP contribution in [0.1, 0.15) is 20.3 Å². The van der Waals surface area contributed by atoms with Crippen molar-refractivity contribution in [2.24, 2.45) is 5.92 Å². The lowest BCUT2D eigenvalue weighted by molar-refractivity contribution is 0.477. The maximum Gasteiger partial charge on any atom is 0.123 e. The maximum absolute atomic E-state index is 13.0. The summed E-state index contributed by atoms with van der Waals surface area (Å²) in [4.78, 5) is 0. The van der Waals surface area contributed by atoms with Crippen LogP contribution in [0, 0.1) is 11.7 Å². The molecule has 1 aromatic heterocycles. The summed E-state index contributed by atoms with van der Waals surface area (Å²) >= 11 is 0. The van der Waals surface area contributed by atoms with Gasteiger partial charge in [0.1, 0.15) is 5.82 Å². The second kappa shape index (κ2) is 4.05. The van der Waals surface area contributed by atoms with Gasteiger partial charge < -0.3 is 4.57 Å². The Hall–Kier alpha value is -1.31. The third-order valence-corrected chi connectivity index (χ3v) is 2.94. The minimum absolute atomic E-state index is 0.163. The van der Waals surface area contributed by atoms with Gasteiger partial charge in [-0.15, -0.1) is 0 Å². The lowest BCUT2D eigenvalue weighted by Gasteiger charge is -2.10. The van der Waals surface area contributed by atoms with Crippen LogP contribution in [-0.4, -0.2) is 4.57 Å². The molecule has 0 bridgehead atoms. The smallest absolute Gasteiger partial charge is 0.123 e. The van der Waals surface area contributed by atoms with Crippen molar-refractivity contribution in [3.05, 3.63) is 36.3 Å². The van der Waals surface area contributed by atoms with E-state index in [4.69, 9.17) is 0 Å². The molecule has 0 saturated heterocycles. The summed E-state index contributed by atoms with van der Waals surface area (Å²) in [6.45, 7) is 5.43. The Balaban J connectivity index is 2.36. The quantitative estimate of drug-likeness (QED) is 0.717. The number of nitrogens with zero attached hydrogens (tertiary/aromatic N) is 1. The van der Waals surface area contributed by atoms with Crippen LogP contribution in [-0.2, 0) is 6.54 Å². The van der Waals surface area contributed by atoms with Crippen LogP contribution in [0.3, 0.4) is 0 Å². The molecule has 0 aliphatic heterocycles. The topological polar surface area (TPSA) is 4.93 Å². The van der Waals surface area contributed by atoms with Crippen LogP contribution in [0.15, 0.2) is 30.5 Å². The summed E-state index contributed by atoms with van der Waals surface area (Å²) in [7, 11) is 0. The molecule has 2 rings (SSSR count). The Morgan fingerprint density at radius 1 is 1.33 bits per heavy atom. The van der Waals surface area contributed by atoms with Gasteiger partial charge >= 0.3 is 0 Å². The highest BCUT2D eigenvalue weighted by Crippen LogP contribution is 2.18. The van der Waals surface area contributed by atoms with Crippen molar-refractivity contribution in [3.8, 4) is 0 Å². The van der Waals surface area contributed by atoms with Crippen molar-refractivity contribution in [2.45, 2.75) is 26.8 Å². The summed E-state index contributed by atoms with van der Waals surface area (Å²) < 4.78 is 15.2. The number of fused-ring (bicyclic) bond motifs is 1. The summed E-state index contributed by atoms with van der Waals surface area (Å²) in [6.07, 6.45) is 3.21. The fourth-order valence-corrected chi connectivity index (χ4v) is 1.80. The monoisotopic (exact) mass is 205 g/mol. The Bertz CT molecular complexity index is 459. The van der Waals surface area contributed by atoms with E-state index in [9.17, 15) is 4.39 Å². The second-order valence-corrected chi connectivity index (χ2v) is 4.18. The third kappa shape index (κ3) is 2.04. The molecule has 0 amide bonds. The average Bonchev–Trinajstić information content (AvgIpc) is 2.60. The Morgan fingerprint density at radius 2 is 2.13 bits per heavy atom. The van der Waals surface area contributed by atoms with Crippen molar-refractivity contribution in [3.63, 3.8) is 0 Å². The molecule has 1 aromatic carbocycles. The van der Waals surface area contributed by atoms with Gasteiger partial charge in [0.15, 0.2) is 0 Å². The third-order valence-electron chi connectivity index (χ3n) is 2.94. The second-order valence-electron chi connectivity index (χ2n) is 4.18. The SMILES string of the molecule is CC[C@H](C)Cn1ccc2cc(F)ccc21. The molecule has 0 N–H and O–H groups in total. The summed E-state index contributed by atoms with van der Waals surface area (Å²) in [5, 5.41) is 0.985. The van der Waals surface area contributed by atoms with Gasteiger partial charge in [-0.05, 0) is 30.2 Å². The minimum atomic E-state index is -0.163. The molecule has 0 aliphatic rings. The van der Waals surface area contributed by atoms with Gasteiger partial charge in [-0.2, -0.15) is 0 Å². The van der Waals surface area contributed by atoms with E-state index < -0.39 is 0 Å². The van der Waals surface area contributed by atoms with Gasteiger partial charge in [-0.25, -0.2) is 4.39 Å². The van der Waals surface area contributed by atoms with Gasteiger partial charge in [0.05, 0.1) is 0 Å². The van der Waals surface area contributed by atoms with E-state index in [0.717, 1.165) is 17.4 Å². The van der Waals surface area contributed by atoms with E-state index >= 15 is 0 Å². The molecule has 80 valence electrons. The predicted molar refractivity (Wildman–Crippen MR) is 61.4 cm³/mol. The molecule has 0 spiro atoms. The van der Waals surface area contributed by atoms with E-state index in [-0.39, 0.29) is 5.82 Å². The summed E-state index contributed by atoms with van der Waals surface area (Å²) in [5.41, 5.74) is 1.12. The zero-order chi connectivity index (χ0) is 10.8. The van der Waals surface area contributed by atoms with Gasteiger partial charge in [0.25, 0.3) is 0 Å². The predicted octanol–water partition coefficient (Wildman–Crippen LogP) is 3.83. The zero-order valence-corrected chi connectivity index (χ0v) is 9.20. The zero-order valence-electron chi connectivity index (χ0n) is 9.20. The molecule has 2 aromatic rings. The normalized spacial score (nSPS) is 13.3. The molecule has 0 unspecified atom stereocenters. The summed E-state index contributed by atoms with van der Waals surface area (Å²) in [6, 6.07) is 6.94. The Labute approximate surface area is 89.5 Å². The van der Waals surface area contributed by atoms with Gasteiger partial charge in [-0.1, -0.05) is 20.3 Å². The van der Waals surface area contributed by atoms with E-state index in [1.54, 1.807) is 6.07 Å². The first kappa shape index (κ1) is 10.2. The van der Waals surface area contributed by atoms with Crippen molar-refractivity contribution in [2.75, 3.05) is 0 Å². The summed E-state index contributed by atoms with van der Waals surface area (Å²) in [5.74, 6) is 0.495. The molecule has 1 atom stereocenters. The van der Waals surface area contributed by atoms with Crippen LogP contribution in [0.4, 0.5) is 4.39 Å². The lowest BCUT2D eigenvalue weighted by atomic mass is 10.1. The number of hydrogen-bond acceptors (Lipinski definition) is 0. The highest BCUT2D eigenvalue weighted by Gasteiger charge is 2.04. The molecule has 1 nitrogen and oxygen atoms in total. The highest BCUT2D eigenvalue weighted by molar-refractivity contribution is 5.80. The van der Waals surface area contributed by atoms with Crippen molar-refractivity contribution in [1.82, 2.24) is 4.57 Å². The van der Waals surface area contributed by atoms with Crippen LogP contribution in [0.25, 0.3) is 10.9 Å². The van der Waals surface area contributed by atoms with E-state index in [1.807, 2.05) is 18.3 Å². The van der Waals surface area contributed by atoms with Crippen LogP contribution in [0.5, 0.6) is 0 Å². The molecular weight excluding hydrogens is 189 g/mol.